The molecule has 0 radical (unpaired) electrons. The predicted molar refractivity (Wildman–Crippen MR) is 84.2 cm³/mol. The fourth-order valence-corrected chi connectivity index (χ4v) is 2.82. The van der Waals surface area contributed by atoms with Gasteiger partial charge in [-0.2, -0.15) is 0 Å². The maximum absolute atomic E-state index is 10.7. The Hall–Kier alpha value is -2.11. The summed E-state index contributed by atoms with van der Waals surface area (Å²) in [5.41, 5.74) is 1.98. The number of nitro groups is 1. The second-order valence-electron chi connectivity index (χ2n) is 5.14. The molecule has 1 aliphatic heterocycles. The van der Waals surface area contributed by atoms with Crippen LogP contribution in [0, 0.1) is 10.1 Å². The van der Waals surface area contributed by atoms with Crippen molar-refractivity contribution in [1.29, 1.82) is 0 Å². The third kappa shape index (κ3) is 3.05. The van der Waals surface area contributed by atoms with Gasteiger partial charge in [0.15, 0.2) is 0 Å². The zero-order valence-corrected chi connectivity index (χ0v) is 12.5. The first-order valence-corrected chi connectivity index (χ1v) is 7.41. The van der Waals surface area contributed by atoms with Crippen LogP contribution in [0.2, 0.25) is 5.02 Å². The summed E-state index contributed by atoms with van der Waals surface area (Å²) in [6.45, 7) is 1.22. The molecule has 3 rings (SSSR count). The van der Waals surface area contributed by atoms with Crippen LogP contribution in [0.3, 0.4) is 0 Å². The van der Waals surface area contributed by atoms with Gasteiger partial charge in [0, 0.05) is 36.7 Å². The summed E-state index contributed by atoms with van der Waals surface area (Å²) in [7, 11) is 0. The van der Waals surface area contributed by atoms with Gasteiger partial charge in [-0.1, -0.05) is 29.8 Å². The van der Waals surface area contributed by atoms with E-state index in [1.807, 2.05) is 24.3 Å². The van der Waals surface area contributed by atoms with Crippen molar-refractivity contribution < 1.29 is 9.66 Å². The topological polar surface area (TPSA) is 64.4 Å². The molecule has 0 bridgehead atoms. The van der Waals surface area contributed by atoms with Crippen molar-refractivity contribution in [1.82, 2.24) is 5.32 Å². The van der Waals surface area contributed by atoms with Gasteiger partial charge < -0.3 is 10.1 Å². The molecular formula is C16H15ClN2O3. The minimum atomic E-state index is -0.447. The summed E-state index contributed by atoms with van der Waals surface area (Å²) in [6, 6.07) is 12.7. The van der Waals surface area contributed by atoms with Gasteiger partial charge in [-0.3, -0.25) is 10.1 Å². The number of non-ortho nitro benzene ring substituents is 1. The van der Waals surface area contributed by atoms with E-state index >= 15 is 0 Å². The molecule has 0 aromatic heterocycles. The largest absolute Gasteiger partial charge is 0.493 e. The van der Waals surface area contributed by atoms with Gasteiger partial charge in [-0.05, 0) is 17.7 Å². The normalized spacial score (nSPS) is 16.7. The molecule has 22 heavy (non-hydrogen) atoms. The van der Waals surface area contributed by atoms with Gasteiger partial charge in [0.05, 0.1) is 16.6 Å². The molecule has 1 heterocycles. The molecule has 6 heteroatoms. The Morgan fingerprint density at radius 1 is 1.32 bits per heavy atom. The highest BCUT2D eigenvalue weighted by molar-refractivity contribution is 6.31. The average Bonchev–Trinajstić information content (AvgIpc) is 2.53. The lowest BCUT2D eigenvalue weighted by molar-refractivity contribution is -0.384. The standard InChI is InChI=1S/C16H15ClN2O3/c17-14-9-12(19(20)21)6-5-11(14)10-18-15-7-8-22-16-4-2-1-3-13(15)16/h1-6,9,15,18H,7-8,10H2. The highest BCUT2D eigenvalue weighted by atomic mass is 35.5. The van der Waals surface area contributed by atoms with Crippen LogP contribution < -0.4 is 10.1 Å². The van der Waals surface area contributed by atoms with E-state index in [2.05, 4.69) is 5.32 Å². The van der Waals surface area contributed by atoms with Crippen LogP contribution in [0.15, 0.2) is 42.5 Å². The van der Waals surface area contributed by atoms with E-state index in [0.717, 1.165) is 23.3 Å². The first-order valence-electron chi connectivity index (χ1n) is 7.03. The Morgan fingerprint density at radius 2 is 2.14 bits per heavy atom. The zero-order valence-electron chi connectivity index (χ0n) is 11.8. The van der Waals surface area contributed by atoms with Crippen molar-refractivity contribution in [3.8, 4) is 5.75 Å². The Balaban J connectivity index is 1.72. The number of ether oxygens (including phenoxy) is 1. The van der Waals surface area contributed by atoms with Crippen molar-refractivity contribution in [2.45, 2.75) is 19.0 Å². The highest BCUT2D eigenvalue weighted by Gasteiger charge is 2.20. The highest BCUT2D eigenvalue weighted by Crippen LogP contribution is 2.32. The molecule has 0 fully saturated rings. The smallest absolute Gasteiger partial charge is 0.270 e. The average molecular weight is 319 g/mol. The monoisotopic (exact) mass is 318 g/mol. The van der Waals surface area contributed by atoms with Crippen LogP contribution in [0.4, 0.5) is 5.69 Å². The van der Waals surface area contributed by atoms with Gasteiger partial charge in [0.25, 0.3) is 5.69 Å². The van der Waals surface area contributed by atoms with Crippen LogP contribution >= 0.6 is 11.6 Å². The molecule has 5 nitrogen and oxygen atoms in total. The number of nitrogens with one attached hydrogen (secondary N) is 1. The number of benzene rings is 2. The molecule has 0 aliphatic carbocycles. The van der Waals surface area contributed by atoms with E-state index in [1.54, 1.807) is 6.07 Å². The summed E-state index contributed by atoms with van der Waals surface area (Å²) in [5, 5.41) is 14.6. The molecule has 1 aliphatic rings. The summed E-state index contributed by atoms with van der Waals surface area (Å²) >= 11 is 6.12. The second-order valence-corrected chi connectivity index (χ2v) is 5.55. The van der Waals surface area contributed by atoms with Crippen LogP contribution in [0.1, 0.15) is 23.6 Å². The van der Waals surface area contributed by atoms with E-state index in [-0.39, 0.29) is 11.7 Å². The molecule has 114 valence electrons. The van der Waals surface area contributed by atoms with E-state index < -0.39 is 4.92 Å². The number of fused-ring (bicyclic) bond motifs is 1. The summed E-state index contributed by atoms with van der Waals surface area (Å²) < 4.78 is 5.63. The van der Waals surface area contributed by atoms with Gasteiger partial charge in [-0.15, -0.1) is 0 Å². The minimum absolute atomic E-state index is 0.00478. The number of hydrogen-bond donors (Lipinski definition) is 1. The van der Waals surface area contributed by atoms with Gasteiger partial charge in [0.1, 0.15) is 5.75 Å². The molecular weight excluding hydrogens is 304 g/mol. The molecule has 1 unspecified atom stereocenters. The van der Waals surface area contributed by atoms with Crippen molar-refractivity contribution in [2.75, 3.05) is 6.61 Å². The molecule has 0 spiro atoms. The third-order valence-electron chi connectivity index (χ3n) is 3.74. The fourth-order valence-electron chi connectivity index (χ4n) is 2.58. The van der Waals surface area contributed by atoms with Crippen molar-refractivity contribution in [3.05, 3.63) is 68.7 Å². The summed E-state index contributed by atoms with van der Waals surface area (Å²) in [4.78, 5) is 10.3. The Kier molecular flexibility index (Phi) is 4.27. The number of nitro benzene ring substituents is 1. The van der Waals surface area contributed by atoms with E-state index in [4.69, 9.17) is 16.3 Å². The maximum Gasteiger partial charge on any atom is 0.270 e. The summed E-state index contributed by atoms with van der Waals surface area (Å²) in [6.07, 6.45) is 0.877. The van der Waals surface area contributed by atoms with E-state index in [1.165, 1.54) is 12.1 Å². The number of nitrogens with zero attached hydrogens (tertiary/aromatic N) is 1. The molecule has 0 saturated heterocycles. The Labute approximate surface area is 133 Å². The van der Waals surface area contributed by atoms with E-state index in [0.29, 0.717) is 18.2 Å². The molecule has 2 aromatic carbocycles. The minimum Gasteiger partial charge on any atom is -0.493 e. The van der Waals surface area contributed by atoms with Gasteiger partial charge >= 0.3 is 0 Å². The van der Waals surface area contributed by atoms with Crippen molar-refractivity contribution in [3.63, 3.8) is 0 Å². The maximum atomic E-state index is 10.7. The Bertz CT molecular complexity index is 706. The fraction of sp³-hybridized carbons (Fsp3) is 0.250. The lowest BCUT2D eigenvalue weighted by Gasteiger charge is -2.26. The number of para-hydroxylation sites is 1. The predicted octanol–water partition coefficient (Wildman–Crippen LogP) is 3.86. The summed E-state index contributed by atoms with van der Waals surface area (Å²) in [5.74, 6) is 0.904. The molecule has 2 aromatic rings. The lowest BCUT2D eigenvalue weighted by Crippen LogP contribution is -2.26. The molecule has 0 saturated carbocycles. The van der Waals surface area contributed by atoms with Crippen molar-refractivity contribution in [2.24, 2.45) is 0 Å². The quantitative estimate of drug-likeness (QED) is 0.686. The van der Waals surface area contributed by atoms with Gasteiger partial charge in [0.2, 0.25) is 0 Å². The van der Waals surface area contributed by atoms with Gasteiger partial charge in [-0.25, -0.2) is 0 Å². The van der Waals surface area contributed by atoms with Crippen LogP contribution in [0.5, 0.6) is 5.75 Å². The first kappa shape index (κ1) is 14.8. The van der Waals surface area contributed by atoms with Crippen molar-refractivity contribution >= 4 is 17.3 Å². The van der Waals surface area contributed by atoms with Crippen LogP contribution in [-0.4, -0.2) is 11.5 Å². The molecule has 1 N–H and O–H groups in total. The number of rotatable bonds is 4. The lowest BCUT2D eigenvalue weighted by atomic mass is 10.0. The van der Waals surface area contributed by atoms with E-state index in [9.17, 15) is 10.1 Å². The first-order chi connectivity index (χ1) is 10.6. The Morgan fingerprint density at radius 3 is 2.91 bits per heavy atom. The van der Waals surface area contributed by atoms with Crippen LogP contribution in [0.25, 0.3) is 0 Å². The van der Waals surface area contributed by atoms with Crippen LogP contribution in [-0.2, 0) is 6.54 Å². The SMILES string of the molecule is O=[N+]([O-])c1ccc(CNC2CCOc3ccccc32)c(Cl)c1. The molecule has 0 amide bonds. The molecule has 1 atom stereocenters. The number of hydrogen-bond acceptors (Lipinski definition) is 4. The number of halogens is 1. The zero-order chi connectivity index (χ0) is 15.5. The third-order valence-corrected chi connectivity index (χ3v) is 4.10. The second kappa shape index (κ2) is 6.34.